The first kappa shape index (κ1) is 7.40. The monoisotopic (exact) mass is 116 g/mol. The lowest BCUT2D eigenvalue weighted by atomic mass is 10.3. The highest BCUT2D eigenvalue weighted by molar-refractivity contribution is 4.32. The van der Waals surface area contributed by atoms with Crippen LogP contribution in [-0.4, -0.2) is 6.61 Å². The van der Waals surface area contributed by atoms with Gasteiger partial charge in [-0.1, -0.05) is 19.8 Å². The number of hydrogen-bond donors (Lipinski definition) is 1. The molecule has 8 heavy (non-hydrogen) atoms. The van der Waals surface area contributed by atoms with Crippen LogP contribution in [0.25, 0.3) is 0 Å². The molecule has 48 valence electrons. The van der Waals surface area contributed by atoms with E-state index in [1.165, 1.54) is 6.42 Å². The van der Waals surface area contributed by atoms with Crippen LogP contribution >= 0.6 is 0 Å². The van der Waals surface area contributed by atoms with E-state index >= 15 is 0 Å². The topological polar surface area (TPSA) is 45.4 Å². The molecule has 0 unspecified atom stereocenters. The highest BCUT2D eigenvalue weighted by Crippen LogP contribution is 1.93. The van der Waals surface area contributed by atoms with E-state index in [0.717, 1.165) is 12.8 Å². The summed E-state index contributed by atoms with van der Waals surface area (Å²) in [6.45, 7) is 2.72. The summed E-state index contributed by atoms with van der Waals surface area (Å²) in [4.78, 5) is 4.43. The van der Waals surface area contributed by atoms with Crippen LogP contribution in [-0.2, 0) is 4.84 Å². The summed E-state index contributed by atoms with van der Waals surface area (Å²) in [6, 6.07) is 0. The molecular formula is C5H12N2O. The molecule has 0 heterocycles. The highest BCUT2D eigenvalue weighted by atomic mass is 16.6. The zero-order chi connectivity index (χ0) is 6.24. The van der Waals surface area contributed by atoms with Crippen molar-refractivity contribution in [1.29, 1.82) is 5.53 Å². The molecule has 0 aliphatic rings. The lowest BCUT2D eigenvalue weighted by molar-refractivity contribution is 0.113. The summed E-state index contributed by atoms with van der Waals surface area (Å²) in [6.07, 6.45) is 3.36. The minimum Gasteiger partial charge on any atom is -0.380 e. The number of hydrogen-bond acceptors (Lipinski definition) is 3. The van der Waals surface area contributed by atoms with Gasteiger partial charge in [0.05, 0.1) is 0 Å². The summed E-state index contributed by atoms with van der Waals surface area (Å²) < 4.78 is 0. The van der Waals surface area contributed by atoms with Crippen LogP contribution in [0, 0.1) is 5.53 Å². The number of rotatable bonds is 5. The largest absolute Gasteiger partial charge is 0.380 e. The lowest BCUT2D eigenvalue weighted by Crippen LogP contribution is -1.84. The predicted molar refractivity (Wildman–Crippen MR) is 30.6 cm³/mol. The fourth-order valence-electron chi connectivity index (χ4n) is 0.462. The molecule has 0 radical (unpaired) electrons. The fourth-order valence-corrected chi connectivity index (χ4v) is 0.462. The molecule has 0 aromatic carbocycles. The van der Waals surface area contributed by atoms with Gasteiger partial charge in [-0.15, -0.1) is 0 Å². The Morgan fingerprint density at radius 2 is 2.25 bits per heavy atom. The van der Waals surface area contributed by atoms with Crippen LogP contribution in [0.5, 0.6) is 0 Å². The van der Waals surface area contributed by atoms with E-state index in [0.29, 0.717) is 6.61 Å². The Balaban J connectivity index is 2.62. The Kier molecular flexibility index (Phi) is 5.92. The normalized spacial score (nSPS) is 8.62. The van der Waals surface area contributed by atoms with Gasteiger partial charge in [0.15, 0.2) is 0 Å². The van der Waals surface area contributed by atoms with Gasteiger partial charge in [0.1, 0.15) is 6.61 Å². The Labute approximate surface area is 49.5 Å². The van der Waals surface area contributed by atoms with Gasteiger partial charge in [0.25, 0.3) is 0 Å². The lowest BCUT2D eigenvalue weighted by Gasteiger charge is -1.92. The summed E-state index contributed by atoms with van der Waals surface area (Å²) in [5.74, 6) is 0. The van der Waals surface area contributed by atoms with Gasteiger partial charge in [-0.2, -0.15) is 5.53 Å². The molecule has 0 atom stereocenters. The van der Waals surface area contributed by atoms with Crippen molar-refractivity contribution in [3.8, 4) is 0 Å². The molecule has 0 aromatic rings. The smallest absolute Gasteiger partial charge is 0.118 e. The van der Waals surface area contributed by atoms with Crippen LogP contribution < -0.4 is 0 Å². The molecule has 0 aliphatic heterocycles. The highest BCUT2D eigenvalue weighted by Gasteiger charge is 1.82. The van der Waals surface area contributed by atoms with E-state index < -0.39 is 0 Å². The standard InChI is InChI=1S/C5H12N2O/c1-2-3-4-5-8-7-6/h6H,2-5H2,1H3. The fraction of sp³-hybridized carbons (Fsp3) is 1.00. The van der Waals surface area contributed by atoms with E-state index in [1.807, 2.05) is 0 Å². The van der Waals surface area contributed by atoms with Crippen LogP contribution in [0.15, 0.2) is 5.28 Å². The molecule has 0 bridgehead atoms. The van der Waals surface area contributed by atoms with Gasteiger partial charge < -0.3 is 4.84 Å². The maximum atomic E-state index is 6.24. The van der Waals surface area contributed by atoms with Crippen LogP contribution in [0.3, 0.4) is 0 Å². The quantitative estimate of drug-likeness (QED) is 0.334. The SMILES string of the molecule is CCCCCON=N. The molecule has 0 rings (SSSR count). The second-order valence-corrected chi connectivity index (χ2v) is 1.63. The molecule has 1 N–H and O–H groups in total. The van der Waals surface area contributed by atoms with Gasteiger partial charge in [-0.25, -0.2) is 0 Å². The Morgan fingerprint density at radius 1 is 1.50 bits per heavy atom. The third-order valence-corrected chi connectivity index (χ3v) is 0.904. The zero-order valence-electron chi connectivity index (χ0n) is 5.18. The van der Waals surface area contributed by atoms with Crippen molar-refractivity contribution in [2.24, 2.45) is 5.28 Å². The summed E-state index contributed by atoms with van der Waals surface area (Å²) in [7, 11) is 0. The van der Waals surface area contributed by atoms with E-state index in [1.54, 1.807) is 0 Å². The van der Waals surface area contributed by atoms with Crippen molar-refractivity contribution < 1.29 is 4.84 Å². The molecule has 0 spiro atoms. The van der Waals surface area contributed by atoms with Crippen LogP contribution in [0.4, 0.5) is 0 Å². The van der Waals surface area contributed by atoms with Gasteiger partial charge >= 0.3 is 0 Å². The number of nitrogens with one attached hydrogen (secondary N) is 1. The first-order valence-corrected chi connectivity index (χ1v) is 2.90. The first-order valence-electron chi connectivity index (χ1n) is 2.90. The van der Waals surface area contributed by atoms with Crippen molar-refractivity contribution in [1.82, 2.24) is 0 Å². The van der Waals surface area contributed by atoms with E-state index in [9.17, 15) is 0 Å². The molecule has 3 nitrogen and oxygen atoms in total. The summed E-state index contributed by atoms with van der Waals surface area (Å²) >= 11 is 0. The van der Waals surface area contributed by atoms with E-state index in [4.69, 9.17) is 5.53 Å². The van der Waals surface area contributed by atoms with Gasteiger partial charge in [0.2, 0.25) is 0 Å². The number of unbranched alkanes of at least 4 members (excludes halogenated alkanes) is 2. The van der Waals surface area contributed by atoms with Crippen LogP contribution in [0.2, 0.25) is 0 Å². The van der Waals surface area contributed by atoms with E-state index in [-0.39, 0.29) is 0 Å². The van der Waals surface area contributed by atoms with Gasteiger partial charge in [0, 0.05) is 5.28 Å². The Bertz CT molecular complexity index is 56.4. The minimum atomic E-state index is 0.595. The average Bonchev–Trinajstić information content (AvgIpc) is 1.81. The van der Waals surface area contributed by atoms with Crippen molar-refractivity contribution in [3.05, 3.63) is 0 Å². The number of nitrogens with zero attached hydrogens (tertiary/aromatic N) is 1. The molecule has 0 aliphatic carbocycles. The summed E-state index contributed by atoms with van der Waals surface area (Å²) in [5.41, 5.74) is 6.24. The molecule has 0 aromatic heterocycles. The molecule has 0 saturated heterocycles. The van der Waals surface area contributed by atoms with Crippen molar-refractivity contribution >= 4 is 0 Å². The van der Waals surface area contributed by atoms with Crippen LogP contribution in [0.1, 0.15) is 26.2 Å². The molecule has 0 saturated carbocycles. The van der Waals surface area contributed by atoms with Crippen molar-refractivity contribution in [2.45, 2.75) is 26.2 Å². The van der Waals surface area contributed by atoms with Gasteiger partial charge in [-0.05, 0) is 6.42 Å². The second-order valence-electron chi connectivity index (χ2n) is 1.63. The predicted octanol–water partition coefficient (Wildman–Crippen LogP) is 2.14. The maximum absolute atomic E-state index is 6.24. The molecule has 0 fully saturated rings. The molecular weight excluding hydrogens is 104 g/mol. The molecule has 0 amide bonds. The zero-order valence-corrected chi connectivity index (χ0v) is 5.18. The van der Waals surface area contributed by atoms with E-state index in [2.05, 4.69) is 17.0 Å². The third kappa shape index (κ3) is 5.40. The Hall–Kier alpha value is -0.600. The first-order chi connectivity index (χ1) is 3.91. The molecule has 3 heteroatoms. The minimum absolute atomic E-state index is 0.595. The van der Waals surface area contributed by atoms with Gasteiger partial charge in [-0.3, -0.25) is 0 Å². The maximum Gasteiger partial charge on any atom is 0.118 e. The van der Waals surface area contributed by atoms with Crippen molar-refractivity contribution in [2.75, 3.05) is 6.61 Å². The van der Waals surface area contributed by atoms with Crippen molar-refractivity contribution in [3.63, 3.8) is 0 Å². The Morgan fingerprint density at radius 3 is 2.75 bits per heavy atom. The third-order valence-electron chi connectivity index (χ3n) is 0.904. The second kappa shape index (κ2) is 6.40. The average molecular weight is 116 g/mol. The summed E-state index contributed by atoms with van der Waals surface area (Å²) in [5, 5.41) is 2.76.